The molecule has 12 N–H and O–H groups in total. The first kappa shape index (κ1) is 99.9. The van der Waals surface area contributed by atoms with Crippen LogP contribution in [0, 0.1) is 0 Å². The van der Waals surface area contributed by atoms with E-state index in [1.54, 1.807) is 6.07 Å². The van der Waals surface area contributed by atoms with Crippen LogP contribution in [0.4, 0.5) is 11.4 Å². The fraction of sp³-hybridized carbons (Fsp3) is 0.577. The summed E-state index contributed by atoms with van der Waals surface area (Å²) in [6.45, 7) is 0.773. The summed E-state index contributed by atoms with van der Waals surface area (Å²) in [5.41, 5.74) is 4.18. The second kappa shape index (κ2) is 47.4. The van der Waals surface area contributed by atoms with Crippen molar-refractivity contribution < 1.29 is 148 Å². The van der Waals surface area contributed by atoms with Crippen LogP contribution in [-0.4, -0.2) is 336 Å². The molecule has 2 aromatic carbocycles. The Bertz CT molecular complexity index is 4350. The summed E-state index contributed by atoms with van der Waals surface area (Å²) in [5.74, 6) is -17.5. The van der Waals surface area contributed by atoms with Crippen LogP contribution in [-0.2, 0) is 103 Å². The highest BCUT2D eigenvalue weighted by atomic mass is 32.3. The number of carboxylic acid groups (broad SMARTS) is 9. The summed E-state index contributed by atoms with van der Waals surface area (Å²) in [7, 11) is -9.14. The lowest BCUT2D eigenvalue weighted by Gasteiger charge is -2.33. The number of rotatable bonds is 49. The molecule has 0 aliphatic carbocycles. The quantitative estimate of drug-likeness (QED) is 0.0196. The highest BCUT2D eigenvalue weighted by Crippen LogP contribution is 2.49. The van der Waals surface area contributed by atoms with E-state index in [4.69, 9.17) is 4.55 Å². The van der Waals surface area contributed by atoms with E-state index in [0.29, 0.717) is 78.3 Å². The molecule has 0 bridgehead atoms. The van der Waals surface area contributed by atoms with Crippen LogP contribution < -0.4 is 10.2 Å². The maximum atomic E-state index is 14.4. The molecule has 0 spiro atoms. The number of nitrogens with zero attached hydrogens (tertiary/aromatic N) is 9. The van der Waals surface area contributed by atoms with Crippen molar-refractivity contribution in [1.29, 1.82) is 0 Å². The summed E-state index contributed by atoms with van der Waals surface area (Å²) in [4.78, 5) is 187. The summed E-state index contributed by atoms with van der Waals surface area (Å²) in [6, 6.07) is 6.97. The van der Waals surface area contributed by atoms with Crippen LogP contribution >= 0.6 is 0 Å². The average Bonchev–Trinajstić information content (AvgIpc) is 1.67. The van der Waals surface area contributed by atoms with Gasteiger partial charge < -0.3 is 75.8 Å². The predicted octanol–water partition coefficient (Wildman–Crippen LogP) is 3.16. The summed E-state index contributed by atoms with van der Waals surface area (Å²) in [6.07, 6.45) is 9.50. The zero-order valence-corrected chi connectivity index (χ0v) is 69.3. The number of nitrogens with one attached hydrogen (secondary N) is 1. The van der Waals surface area contributed by atoms with E-state index in [0.717, 1.165) is 33.2 Å². The third-order valence-corrected chi connectivity index (χ3v) is 22.2. The van der Waals surface area contributed by atoms with Gasteiger partial charge in [-0.15, -0.1) is 0 Å². The van der Waals surface area contributed by atoms with Gasteiger partial charge in [-0.3, -0.25) is 90.9 Å². The van der Waals surface area contributed by atoms with Gasteiger partial charge in [0, 0.05) is 138 Å². The normalized spacial score (nSPS) is 16.5. The Morgan fingerprint density at radius 3 is 1.33 bits per heavy atom. The molecule has 0 saturated carbocycles. The molecule has 1 fully saturated rings. The molecule has 42 heteroatoms. The maximum absolute atomic E-state index is 14.4. The number of benzene rings is 2. The molecule has 3 aliphatic rings. The van der Waals surface area contributed by atoms with E-state index in [9.17, 15) is 134 Å². The van der Waals surface area contributed by atoms with Crippen LogP contribution in [0.3, 0.4) is 0 Å². The van der Waals surface area contributed by atoms with E-state index in [2.05, 4.69) is 38.9 Å². The van der Waals surface area contributed by atoms with Gasteiger partial charge in [-0.1, -0.05) is 63.1 Å². The van der Waals surface area contributed by atoms with Crippen LogP contribution in [0.15, 0.2) is 83.4 Å². The molecule has 5 amide bonds. The van der Waals surface area contributed by atoms with Crippen LogP contribution in [0.25, 0.3) is 0 Å². The van der Waals surface area contributed by atoms with Crippen LogP contribution in [0.5, 0.6) is 0 Å². The van der Waals surface area contributed by atoms with Crippen molar-refractivity contribution in [2.45, 2.75) is 177 Å². The molecule has 3 heterocycles. The van der Waals surface area contributed by atoms with Gasteiger partial charge in [0.1, 0.15) is 24.7 Å². The molecule has 3 aliphatic heterocycles. The number of carboxylic acids is 9. The Kier molecular flexibility index (Phi) is 39.5. The molecule has 40 nitrogen and oxygen atoms in total. The van der Waals surface area contributed by atoms with Gasteiger partial charge in [0.15, 0.2) is 5.71 Å². The molecular formula is C78H111N10O30S2+. The Hall–Kier alpha value is -10.6. The predicted molar refractivity (Wildman–Crippen MR) is 427 cm³/mol. The number of allylic oxidation sites excluding steroid dienone is 6. The second-order valence-electron chi connectivity index (χ2n) is 30.3. The van der Waals surface area contributed by atoms with Crippen molar-refractivity contribution in [2.75, 3.05) is 123 Å². The Labute approximate surface area is 694 Å². The molecule has 0 radical (unpaired) electrons. The number of unbranched alkanes of at least 4 members (excludes halogenated alkanes) is 5. The standard InChI is InChI=1S/C78H110N10O30S2/c1-77(2)54-20-12-13-21-56(54)87(40-16-17-45-118-120(115,116)117)61(77)22-8-5-9-23-62-78(3,4)55-46-53(119(112,113)114)26-27-57(55)88(62)39-15-7-10-24-63(89)79-34-14-6-11-25-64(90)80-35-18-36-82(66(92)32-29-59(75(108)109)85(49-70(98)99)50-71(100)101)43-44-83(67(93)33-30-60(76(110)111)86(51-72(102)103)52-73(104)105)38-19-37-81(42-41-80)65(91)31-28-58(74(106)107)84(47-68(94)95)48-69(96)97/h5,8-9,12-13,20-23,26-27,46,58-60H,6-7,10-11,14-19,24-25,28-45,47-52H2,1-4H3,(H11-,79,89,94,95,96,97,98,99,100,101,102,103,104,105,106,107,108,109,110,111,112,113,114,115,116,117)/p+1/t58-,59-,60-/m0/s1. The monoisotopic (exact) mass is 1730 g/mol. The SMILES string of the molecule is CC1(C)C(/C=C/C=C/C=C2/N(CCCCCC(=O)NCCCCCC(=O)N3CCCN(C(=O)CC[C@@H](C(=O)O)N(CC(=O)O)CC(=O)O)CCN(C(=O)CC[C@@H](C(=O)O)N(CC(=O)O)CC(=O)O)CCCN(C(=O)CC[C@@H](C(=O)O)N(CC(=O)O)CC(=O)O)CC3)c3ccc(S(=O)(=O)O)cc3C2(C)C)=[N+](CCCCOS(=O)(=O)O)c2ccccc21. The molecular weight excluding hydrogens is 1620 g/mol. The minimum absolute atomic E-state index is 0.0469. The first-order valence-corrected chi connectivity index (χ1v) is 42.0. The van der Waals surface area contributed by atoms with E-state index in [1.165, 1.54) is 26.8 Å². The number of carbonyl (C=O) groups is 14. The minimum atomic E-state index is -4.57. The largest absolute Gasteiger partial charge is 0.480 e. The number of hydrogen-bond acceptors (Lipinski definition) is 23. The third-order valence-electron chi connectivity index (χ3n) is 20.9. The number of aliphatic carboxylic acids is 9. The van der Waals surface area contributed by atoms with Crippen molar-refractivity contribution >= 4 is 121 Å². The van der Waals surface area contributed by atoms with E-state index in [1.807, 2.05) is 62.4 Å². The lowest BCUT2D eigenvalue weighted by molar-refractivity contribution is -0.438. The van der Waals surface area contributed by atoms with Crippen molar-refractivity contribution in [1.82, 2.24) is 39.6 Å². The van der Waals surface area contributed by atoms with Crippen molar-refractivity contribution in [3.63, 3.8) is 0 Å². The lowest BCUT2D eigenvalue weighted by atomic mass is 9.81. The number of para-hydroxylation sites is 1. The Morgan fingerprint density at radius 2 is 0.908 bits per heavy atom. The molecule has 2 aromatic rings. The van der Waals surface area contributed by atoms with E-state index in [-0.39, 0.29) is 108 Å². The molecule has 5 rings (SSSR count). The van der Waals surface area contributed by atoms with Gasteiger partial charge in [-0.05, 0) is 108 Å². The summed E-state index contributed by atoms with van der Waals surface area (Å²) in [5, 5.41) is 90.5. The lowest BCUT2D eigenvalue weighted by Crippen LogP contribution is -2.49. The van der Waals surface area contributed by atoms with Gasteiger partial charge in [0.05, 0.1) is 56.2 Å². The average molecular weight is 1730 g/mol. The molecule has 1 saturated heterocycles. The number of amides is 5. The van der Waals surface area contributed by atoms with Crippen molar-refractivity contribution in [3.8, 4) is 0 Å². The van der Waals surface area contributed by atoms with Gasteiger partial charge in [0.25, 0.3) is 10.1 Å². The van der Waals surface area contributed by atoms with E-state index < -0.39 is 205 Å². The number of anilines is 1. The molecule has 3 atom stereocenters. The first-order valence-electron chi connectivity index (χ1n) is 39.2. The highest BCUT2D eigenvalue weighted by molar-refractivity contribution is 7.85. The zero-order valence-electron chi connectivity index (χ0n) is 67.6. The maximum Gasteiger partial charge on any atom is 0.397 e. The van der Waals surface area contributed by atoms with Gasteiger partial charge in [0.2, 0.25) is 35.2 Å². The summed E-state index contributed by atoms with van der Waals surface area (Å²) < 4.78 is 72.8. The molecule has 664 valence electrons. The van der Waals surface area contributed by atoms with Crippen molar-refractivity contribution in [2.24, 2.45) is 0 Å². The Morgan fingerprint density at radius 1 is 0.483 bits per heavy atom. The second-order valence-corrected chi connectivity index (χ2v) is 32.8. The van der Waals surface area contributed by atoms with Gasteiger partial charge in [-0.25, -0.2) is 4.18 Å². The first-order chi connectivity index (χ1) is 56.3. The summed E-state index contributed by atoms with van der Waals surface area (Å²) >= 11 is 0. The molecule has 120 heavy (non-hydrogen) atoms. The molecule has 0 aromatic heterocycles. The smallest absolute Gasteiger partial charge is 0.397 e. The van der Waals surface area contributed by atoms with E-state index >= 15 is 0 Å². The number of fused-ring (bicyclic) bond motifs is 2. The fourth-order valence-electron chi connectivity index (χ4n) is 15.0. The van der Waals surface area contributed by atoms with Gasteiger partial charge >= 0.3 is 64.1 Å². The topological polar surface area (TPSA) is 580 Å². The van der Waals surface area contributed by atoms with Crippen LogP contribution in [0.2, 0.25) is 0 Å². The molecule has 0 unspecified atom stereocenters. The minimum Gasteiger partial charge on any atom is -0.480 e. The van der Waals surface area contributed by atoms with Gasteiger partial charge in [-0.2, -0.15) is 21.4 Å². The number of carbonyl (C=O) groups excluding carboxylic acids is 5. The highest BCUT2D eigenvalue weighted by Gasteiger charge is 2.45. The van der Waals surface area contributed by atoms with Crippen molar-refractivity contribution in [3.05, 3.63) is 89.7 Å². The number of hydrogen-bond donors (Lipinski definition) is 12. The fourth-order valence-corrected chi connectivity index (χ4v) is 15.8. The van der Waals surface area contributed by atoms with Crippen LogP contribution in [0.1, 0.15) is 154 Å². The zero-order chi connectivity index (χ0) is 89.4. The third kappa shape index (κ3) is 32.2. The Balaban J connectivity index is 1.30.